The van der Waals surface area contributed by atoms with E-state index in [1.54, 1.807) is 25.3 Å². The lowest BCUT2D eigenvalue weighted by Crippen LogP contribution is -2.49. The molecule has 3 N–H and O–H groups in total. The van der Waals surface area contributed by atoms with Crippen LogP contribution in [0.5, 0.6) is 5.75 Å². The van der Waals surface area contributed by atoms with Gasteiger partial charge < -0.3 is 20.5 Å². The van der Waals surface area contributed by atoms with Crippen molar-refractivity contribution < 1.29 is 14.6 Å². The van der Waals surface area contributed by atoms with Gasteiger partial charge in [0.1, 0.15) is 5.75 Å². The van der Waals surface area contributed by atoms with Crippen LogP contribution in [0.3, 0.4) is 0 Å². The molecular formula is C14H19ClN2O3. The highest BCUT2D eigenvalue weighted by molar-refractivity contribution is 6.30. The summed E-state index contributed by atoms with van der Waals surface area (Å²) in [7, 11) is 1.56. The van der Waals surface area contributed by atoms with Gasteiger partial charge in [0.2, 0.25) is 0 Å². The van der Waals surface area contributed by atoms with E-state index in [0.29, 0.717) is 17.3 Å². The van der Waals surface area contributed by atoms with Crippen molar-refractivity contribution in [2.45, 2.75) is 31.4 Å². The standard InChI is InChI=1S/C14H19ClN2O3/c1-20-12-7-11(15)4-3-10(12)8-16-13(18)17-9-14(19)5-2-6-14/h3-4,7,19H,2,5-6,8-9H2,1H3,(H2,16,17,18). The summed E-state index contributed by atoms with van der Waals surface area (Å²) in [5, 5.41) is 15.9. The fourth-order valence-electron chi connectivity index (χ4n) is 2.11. The van der Waals surface area contributed by atoms with Crippen LogP contribution in [-0.4, -0.2) is 30.4 Å². The molecule has 0 aliphatic heterocycles. The molecule has 0 radical (unpaired) electrons. The van der Waals surface area contributed by atoms with Crippen LogP contribution in [0, 0.1) is 0 Å². The molecule has 1 aliphatic rings. The molecule has 0 atom stereocenters. The summed E-state index contributed by atoms with van der Waals surface area (Å²) in [6, 6.07) is 4.95. The number of hydrogen-bond acceptors (Lipinski definition) is 3. The first-order valence-corrected chi connectivity index (χ1v) is 6.97. The Morgan fingerprint density at radius 2 is 2.20 bits per heavy atom. The largest absolute Gasteiger partial charge is 0.496 e. The van der Waals surface area contributed by atoms with Crippen molar-refractivity contribution >= 4 is 17.6 Å². The topological polar surface area (TPSA) is 70.6 Å². The quantitative estimate of drug-likeness (QED) is 0.779. The molecular weight excluding hydrogens is 280 g/mol. The molecule has 5 nitrogen and oxygen atoms in total. The molecule has 0 heterocycles. The summed E-state index contributed by atoms with van der Waals surface area (Å²) >= 11 is 5.87. The van der Waals surface area contributed by atoms with Gasteiger partial charge in [-0.25, -0.2) is 4.79 Å². The van der Waals surface area contributed by atoms with Gasteiger partial charge >= 0.3 is 6.03 Å². The number of rotatable bonds is 5. The van der Waals surface area contributed by atoms with Crippen LogP contribution in [0.1, 0.15) is 24.8 Å². The number of carbonyl (C=O) groups is 1. The summed E-state index contributed by atoms with van der Waals surface area (Å²) in [5.41, 5.74) is 0.129. The monoisotopic (exact) mass is 298 g/mol. The molecule has 1 aromatic rings. The van der Waals surface area contributed by atoms with E-state index < -0.39 is 5.60 Å². The van der Waals surface area contributed by atoms with Crippen LogP contribution in [0.15, 0.2) is 18.2 Å². The number of benzene rings is 1. The zero-order valence-electron chi connectivity index (χ0n) is 11.4. The van der Waals surface area contributed by atoms with Crippen molar-refractivity contribution in [3.05, 3.63) is 28.8 Å². The Balaban J connectivity index is 1.81. The molecule has 1 fully saturated rings. The SMILES string of the molecule is COc1cc(Cl)ccc1CNC(=O)NCC1(O)CCC1. The number of ether oxygens (including phenoxy) is 1. The van der Waals surface area contributed by atoms with E-state index in [1.165, 1.54) is 0 Å². The number of nitrogens with one attached hydrogen (secondary N) is 2. The van der Waals surface area contributed by atoms with Crippen molar-refractivity contribution in [2.75, 3.05) is 13.7 Å². The van der Waals surface area contributed by atoms with E-state index in [4.69, 9.17) is 16.3 Å². The molecule has 110 valence electrons. The van der Waals surface area contributed by atoms with Gasteiger partial charge in [-0.1, -0.05) is 17.7 Å². The van der Waals surface area contributed by atoms with Gasteiger partial charge in [-0.2, -0.15) is 0 Å². The molecule has 0 unspecified atom stereocenters. The number of methoxy groups -OCH3 is 1. The first-order chi connectivity index (χ1) is 9.52. The summed E-state index contributed by atoms with van der Waals surface area (Å²) < 4.78 is 5.20. The fourth-order valence-corrected chi connectivity index (χ4v) is 2.27. The Bertz CT molecular complexity index is 489. The predicted octanol–water partition coefficient (Wildman–Crippen LogP) is 2.06. The molecule has 0 aromatic heterocycles. The number of aliphatic hydroxyl groups is 1. The average molecular weight is 299 g/mol. The maximum Gasteiger partial charge on any atom is 0.315 e. The smallest absolute Gasteiger partial charge is 0.315 e. The van der Waals surface area contributed by atoms with E-state index in [2.05, 4.69) is 10.6 Å². The van der Waals surface area contributed by atoms with E-state index in [1.807, 2.05) is 0 Å². The van der Waals surface area contributed by atoms with E-state index in [-0.39, 0.29) is 12.6 Å². The number of amides is 2. The Labute approximate surface area is 123 Å². The van der Waals surface area contributed by atoms with Gasteiger partial charge in [-0.3, -0.25) is 0 Å². The van der Waals surface area contributed by atoms with Gasteiger partial charge in [-0.05, 0) is 31.4 Å². The van der Waals surface area contributed by atoms with Gasteiger partial charge in [0.15, 0.2) is 0 Å². The molecule has 1 aliphatic carbocycles. The average Bonchev–Trinajstić information content (AvgIpc) is 2.41. The molecule has 6 heteroatoms. The highest BCUT2D eigenvalue weighted by atomic mass is 35.5. The molecule has 2 rings (SSSR count). The number of halogens is 1. The van der Waals surface area contributed by atoms with E-state index in [9.17, 15) is 9.90 Å². The molecule has 1 aromatic carbocycles. The van der Waals surface area contributed by atoms with Crippen LogP contribution in [-0.2, 0) is 6.54 Å². The third-order valence-corrected chi connectivity index (χ3v) is 3.79. The third-order valence-electron chi connectivity index (χ3n) is 3.55. The highest BCUT2D eigenvalue weighted by Gasteiger charge is 2.34. The maximum absolute atomic E-state index is 11.7. The van der Waals surface area contributed by atoms with Gasteiger partial charge in [0.05, 0.1) is 12.7 Å². The van der Waals surface area contributed by atoms with E-state index in [0.717, 1.165) is 24.8 Å². The van der Waals surface area contributed by atoms with Crippen LogP contribution < -0.4 is 15.4 Å². The Morgan fingerprint density at radius 1 is 1.45 bits per heavy atom. The second-order valence-electron chi connectivity index (χ2n) is 5.07. The van der Waals surface area contributed by atoms with Crippen LogP contribution in [0.25, 0.3) is 0 Å². The van der Waals surface area contributed by atoms with Crippen molar-refractivity contribution in [2.24, 2.45) is 0 Å². The minimum atomic E-state index is -0.713. The molecule has 1 saturated carbocycles. The summed E-state index contributed by atoms with van der Waals surface area (Å²) in [4.78, 5) is 11.7. The summed E-state index contributed by atoms with van der Waals surface area (Å²) in [5.74, 6) is 0.635. The third kappa shape index (κ3) is 3.77. The highest BCUT2D eigenvalue weighted by Crippen LogP contribution is 2.30. The van der Waals surface area contributed by atoms with Crippen LogP contribution in [0.2, 0.25) is 5.02 Å². The Morgan fingerprint density at radius 3 is 2.80 bits per heavy atom. The zero-order valence-corrected chi connectivity index (χ0v) is 12.2. The fraction of sp³-hybridized carbons (Fsp3) is 0.500. The lowest BCUT2D eigenvalue weighted by Gasteiger charge is -2.36. The second-order valence-corrected chi connectivity index (χ2v) is 5.51. The number of urea groups is 1. The van der Waals surface area contributed by atoms with Crippen LogP contribution >= 0.6 is 11.6 Å². The minimum absolute atomic E-state index is 0.288. The van der Waals surface area contributed by atoms with Gasteiger partial charge in [0, 0.05) is 23.7 Å². The normalized spacial score (nSPS) is 16.1. The maximum atomic E-state index is 11.7. The Kier molecular flexibility index (Phi) is 4.73. The first kappa shape index (κ1) is 14.9. The van der Waals surface area contributed by atoms with Crippen molar-refractivity contribution in [1.29, 1.82) is 0 Å². The molecule has 0 spiro atoms. The lowest BCUT2D eigenvalue weighted by atomic mass is 9.80. The Hall–Kier alpha value is -1.46. The predicted molar refractivity (Wildman–Crippen MR) is 77.0 cm³/mol. The molecule has 2 amide bonds. The second kappa shape index (κ2) is 6.33. The molecule has 0 saturated heterocycles. The minimum Gasteiger partial charge on any atom is -0.496 e. The summed E-state index contributed by atoms with van der Waals surface area (Å²) in [6.45, 7) is 0.626. The zero-order chi connectivity index (χ0) is 14.6. The van der Waals surface area contributed by atoms with Crippen molar-refractivity contribution in [3.63, 3.8) is 0 Å². The molecule has 20 heavy (non-hydrogen) atoms. The van der Waals surface area contributed by atoms with Gasteiger partial charge in [-0.15, -0.1) is 0 Å². The van der Waals surface area contributed by atoms with E-state index >= 15 is 0 Å². The number of carbonyl (C=O) groups excluding carboxylic acids is 1. The number of hydrogen-bond donors (Lipinski definition) is 3. The van der Waals surface area contributed by atoms with Gasteiger partial charge in [0.25, 0.3) is 0 Å². The summed E-state index contributed by atoms with van der Waals surface area (Å²) in [6.07, 6.45) is 2.51. The molecule has 0 bridgehead atoms. The lowest BCUT2D eigenvalue weighted by molar-refractivity contribution is -0.0290. The van der Waals surface area contributed by atoms with Crippen molar-refractivity contribution in [1.82, 2.24) is 10.6 Å². The van der Waals surface area contributed by atoms with Crippen molar-refractivity contribution in [3.8, 4) is 5.75 Å². The van der Waals surface area contributed by atoms with Crippen LogP contribution in [0.4, 0.5) is 4.79 Å². The first-order valence-electron chi connectivity index (χ1n) is 6.59.